The minimum Gasteiger partial charge on any atom is -0.396 e. The van der Waals surface area contributed by atoms with Gasteiger partial charge >= 0.3 is 0 Å². The molecule has 4 nitrogen and oxygen atoms in total. The van der Waals surface area contributed by atoms with E-state index in [1.165, 1.54) is 11.3 Å². The number of nitrogens with one attached hydrogen (secondary N) is 1. The monoisotopic (exact) mass is 268 g/mol. The largest absolute Gasteiger partial charge is 0.396 e. The van der Waals surface area contributed by atoms with E-state index >= 15 is 0 Å². The highest BCUT2D eigenvalue weighted by atomic mass is 32.1. The Labute approximate surface area is 111 Å². The molecule has 2 rings (SSSR count). The lowest BCUT2D eigenvalue weighted by Crippen LogP contribution is -2.44. The number of hydrogen-bond donors (Lipinski definition) is 2. The van der Waals surface area contributed by atoms with E-state index in [4.69, 9.17) is 0 Å². The Morgan fingerprint density at radius 1 is 1.72 bits per heavy atom. The van der Waals surface area contributed by atoms with Crippen LogP contribution in [0.15, 0.2) is 6.20 Å². The number of rotatable bonds is 4. The van der Waals surface area contributed by atoms with Gasteiger partial charge in [-0.15, -0.1) is 11.3 Å². The van der Waals surface area contributed by atoms with Crippen molar-refractivity contribution in [1.29, 1.82) is 0 Å². The van der Waals surface area contributed by atoms with Crippen molar-refractivity contribution in [3.63, 3.8) is 0 Å². The molecular weight excluding hydrogens is 248 g/mol. The van der Waals surface area contributed by atoms with Gasteiger partial charge in [-0.2, -0.15) is 0 Å². The molecule has 2 atom stereocenters. The number of hydrogen-bond acceptors (Lipinski definition) is 4. The van der Waals surface area contributed by atoms with E-state index in [0.29, 0.717) is 4.88 Å². The fourth-order valence-corrected chi connectivity index (χ4v) is 3.24. The average molecular weight is 268 g/mol. The molecule has 5 heteroatoms. The first-order chi connectivity index (χ1) is 8.59. The number of aromatic nitrogens is 1. The summed E-state index contributed by atoms with van der Waals surface area (Å²) in [5, 5.41) is 13.5. The maximum Gasteiger partial charge on any atom is 0.263 e. The van der Waals surface area contributed by atoms with Gasteiger partial charge in [0.05, 0.1) is 17.8 Å². The predicted octanol–water partition coefficient (Wildman–Crippen LogP) is 1.99. The van der Waals surface area contributed by atoms with Gasteiger partial charge in [-0.25, -0.2) is 4.98 Å². The SMILES string of the molecule is CCc1ncc(C(=O)NC2CCCC2(C)CO)s1. The Bertz CT molecular complexity index is 432. The molecule has 0 aliphatic heterocycles. The molecule has 1 heterocycles. The van der Waals surface area contributed by atoms with Crippen LogP contribution in [0, 0.1) is 5.41 Å². The molecule has 0 saturated heterocycles. The van der Waals surface area contributed by atoms with E-state index in [2.05, 4.69) is 10.3 Å². The van der Waals surface area contributed by atoms with Crippen molar-refractivity contribution in [3.05, 3.63) is 16.1 Å². The van der Waals surface area contributed by atoms with Gasteiger partial charge in [0, 0.05) is 11.5 Å². The Hall–Kier alpha value is -0.940. The Kier molecular flexibility index (Phi) is 4.02. The third-order valence-corrected chi connectivity index (χ3v) is 4.97. The van der Waals surface area contributed by atoms with E-state index in [1.54, 1.807) is 6.20 Å². The van der Waals surface area contributed by atoms with E-state index in [9.17, 15) is 9.90 Å². The third-order valence-electron chi connectivity index (χ3n) is 3.83. The predicted molar refractivity (Wildman–Crippen MR) is 71.8 cm³/mol. The first-order valence-corrected chi connectivity index (χ1v) is 7.27. The highest BCUT2D eigenvalue weighted by Crippen LogP contribution is 2.37. The molecule has 1 saturated carbocycles. The first kappa shape index (κ1) is 13.5. The fourth-order valence-electron chi connectivity index (χ4n) is 2.48. The topological polar surface area (TPSA) is 62.2 Å². The molecule has 1 aliphatic carbocycles. The lowest BCUT2D eigenvalue weighted by atomic mass is 9.86. The smallest absolute Gasteiger partial charge is 0.263 e. The Morgan fingerprint density at radius 3 is 3.11 bits per heavy atom. The summed E-state index contributed by atoms with van der Waals surface area (Å²) in [5.74, 6) is -0.0567. The highest BCUT2D eigenvalue weighted by Gasteiger charge is 2.39. The molecule has 0 bridgehead atoms. The van der Waals surface area contributed by atoms with Crippen LogP contribution in [0.3, 0.4) is 0 Å². The van der Waals surface area contributed by atoms with Gasteiger partial charge in [-0.05, 0) is 19.3 Å². The second-order valence-electron chi connectivity index (χ2n) is 5.20. The molecule has 2 N–H and O–H groups in total. The molecule has 1 aliphatic rings. The van der Waals surface area contributed by atoms with E-state index < -0.39 is 0 Å². The molecule has 1 aromatic rings. The molecule has 2 unspecified atom stereocenters. The second-order valence-corrected chi connectivity index (χ2v) is 6.32. The maximum absolute atomic E-state index is 12.1. The zero-order valence-corrected chi connectivity index (χ0v) is 11.7. The summed E-state index contributed by atoms with van der Waals surface area (Å²) in [4.78, 5) is 17.0. The highest BCUT2D eigenvalue weighted by molar-refractivity contribution is 7.13. The number of aryl methyl sites for hydroxylation is 1. The van der Waals surface area contributed by atoms with Crippen molar-refractivity contribution >= 4 is 17.2 Å². The number of carbonyl (C=O) groups is 1. The van der Waals surface area contributed by atoms with Crippen LogP contribution >= 0.6 is 11.3 Å². The summed E-state index contributed by atoms with van der Waals surface area (Å²) >= 11 is 1.45. The fraction of sp³-hybridized carbons (Fsp3) is 0.692. The number of amides is 1. The van der Waals surface area contributed by atoms with Crippen LogP contribution in [0.25, 0.3) is 0 Å². The summed E-state index contributed by atoms with van der Waals surface area (Å²) in [7, 11) is 0. The number of aliphatic hydroxyl groups is 1. The lowest BCUT2D eigenvalue weighted by molar-refractivity contribution is 0.0834. The molecule has 1 aromatic heterocycles. The second kappa shape index (κ2) is 5.36. The summed E-state index contributed by atoms with van der Waals surface area (Å²) in [5.41, 5.74) is -0.173. The number of nitrogens with zero attached hydrogens (tertiary/aromatic N) is 1. The van der Waals surface area contributed by atoms with Crippen molar-refractivity contribution in [2.75, 3.05) is 6.61 Å². The van der Waals surface area contributed by atoms with Crippen LogP contribution < -0.4 is 5.32 Å². The quantitative estimate of drug-likeness (QED) is 0.878. The minimum absolute atomic E-state index is 0.0567. The lowest BCUT2D eigenvalue weighted by Gasteiger charge is -2.29. The minimum atomic E-state index is -0.173. The normalized spacial score (nSPS) is 27.4. The van der Waals surface area contributed by atoms with Gasteiger partial charge in [0.15, 0.2) is 0 Å². The summed E-state index contributed by atoms with van der Waals surface area (Å²) in [6.07, 6.45) is 5.48. The summed E-state index contributed by atoms with van der Waals surface area (Å²) in [6, 6.07) is 0.0715. The van der Waals surface area contributed by atoms with Crippen LogP contribution in [-0.4, -0.2) is 28.6 Å². The van der Waals surface area contributed by atoms with Crippen LogP contribution in [0.1, 0.15) is 47.8 Å². The van der Waals surface area contributed by atoms with Gasteiger partial charge in [0.1, 0.15) is 4.88 Å². The van der Waals surface area contributed by atoms with E-state index in [1.807, 2.05) is 13.8 Å². The van der Waals surface area contributed by atoms with Crippen molar-refractivity contribution < 1.29 is 9.90 Å². The van der Waals surface area contributed by atoms with E-state index in [0.717, 1.165) is 30.7 Å². The first-order valence-electron chi connectivity index (χ1n) is 6.45. The Morgan fingerprint density at radius 2 is 2.50 bits per heavy atom. The number of aliphatic hydroxyl groups excluding tert-OH is 1. The third kappa shape index (κ3) is 2.57. The molecule has 0 aromatic carbocycles. The van der Waals surface area contributed by atoms with E-state index in [-0.39, 0.29) is 24.0 Å². The number of thiazole rings is 1. The molecule has 0 spiro atoms. The van der Waals surface area contributed by atoms with Crippen LogP contribution in [0.2, 0.25) is 0 Å². The number of carbonyl (C=O) groups excluding carboxylic acids is 1. The van der Waals surface area contributed by atoms with Gasteiger partial charge in [0.2, 0.25) is 0 Å². The van der Waals surface area contributed by atoms with Crippen molar-refractivity contribution in [1.82, 2.24) is 10.3 Å². The summed E-state index contributed by atoms with van der Waals surface area (Å²) < 4.78 is 0. The zero-order chi connectivity index (χ0) is 13.2. The molecule has 1 fully saturated rings. The van der Waals surface area contributed by atoms with Gasteiger partial charge < -0.3 is 10.4 Å². The van der Waals surface area contributed by atoms with Gasteiger partial charge in [0.25, 0.3) is 5.91 Å². The average Bonchev–Trinajstić information content (AvgIpc) is 2.97. The van der Waals surface area contributed by atoms with Crippen LogP contribution in [0.4, 0.5) is 0 Å². The molecule has 18 heavy (non-hydrogen) atoms. The zero-order valence-electron chi connectivity index (χ0n) is 10.9. The van der Waals surface area contributed by atoms with Crippen molar-refractivity contribution in [3.8, 4) is 0 Å². The van der Waals surface area contributed by atoms with Gasteiger partial charge in [-0.1, -0.05) is 20.3 Å². The Balaban J connectivity index is 2.03. The molecule has 0 radical (unpaired) electrons. The van der Waals surface area contributed by atoms with Crippen molar-refractivity contribution in [2.45, 2.75) is 45.6 Å². The maximum atomic E-state index is 12.1. The molecule has 100 valence electrons. The van der Waals surface area contributed by atoms with Crippen LogP contribution in [0.5, 0.6) is 0 Å². The standard InChI is InChI=1S/C13H20N2O2S/c1-3-11-14-7-9(18-11)12(17)15-10-5-4-6-13(10,2)8-16/h7,10,16H,3-6,8H2,1-2H3,(H,15,17). The van der Waals surface area contributed by atoms with Crippen LogP contribution in [-0.2, 0) is 6.42 Å². The van der Waals surface area contributed by atoms with Crippen molar-refractivity contribution in [2.24, 2.45) is 5.41 Å². The van der Waals surface area contributed by atoms with Gasteiger partial charge in [-0.3, -0.25) is 4.79 Å². The molecule has 1 amide bonds. The summed E-state index contributed by atoms with van der Waals surface area (Å²) in [6.45, 7) is 4.19. The molecular formula is C13H20N2O2S.